The lowest BCUT2D eigenvalue weighted by molar-refractivity contribution is 0.0725. The minimum Gasteiger partial charge on any atom is -0.399 e. The number of thioether (sulfide) groups is 1. The van der Waals surface area contributed by atoms with E-state index in [9.17, 15) is 9.90 Å². The summed E-state index contributed by atoms with van der Waals surface area (Å²) in [6.07, 6.45) is 1.90. The lowest BCUT2D eigenvalue weighted by atomic mass is 10.1. The third-order valence-corrected chi connectivity index (χ3v) is 3.40. The summed E-state index contributed by atoms with van der Waals surface area (Å²) >= 11 is 7.34. The molecule has 4 nitrogen and oxygen atoms in total. The number of anilines is 1. The highest BCUT2D eigenvalue weighted by molar-refractivity contribution is 7.98. The Bertz CT molecular complexity index is 418. The maximum Gasteiger partial charge on any atom is 0.251 e. The molecule has 4 N–H and O–H groups in total. The summed E-state index contributed by atoms with van der Waals surface area (Å²) in [7, 11) is 0. The molecule has 0 heterocycles. The number of nitrogens with two attached hydrogens (primary N) is 1. The van der Waals surface area contributed by atoms with E-state index in [1.54, 1.807) is 19.1 Å². The van der Waals surface area contributed by atoms with Gasteiger partial charge in [-0.15, -0.1) is 0 Å². The molecule has 18 heavy (non-hydrogen) atoms. The number of hydrogen-bond donors (Lipinski definition) is 3. The molecular formula is C12H17ClN2O2S. The van der Waals surface area contributed by atoms with Gasteiger partial charge in [0.25, 0.3) is 5.91 Å². The second-order valence-electron chi connectivity index (χ2n) is 4.39. The number of halogens is 1. The molecule has 0 aliphatic heterocycles. The molecule has 0 bridgehead atoms. The van der Waals surface area contributed by atoms with Crippen molar-refractivity contribution in [3.63, 3.8) is 0 Å². The Kier molecular flexibility index (Phi) is 5.31. The number of carbonyl (C=O) groups is 1. The number of carbonyl (C=O) groups excluding carboxylic acids is 1. The lowest BCUT2D eigenvalue weighted by Gasteiger charge is -2.22. The molecule has 1 atom stereocenters. The number of aliphatic hydroxyl groups is 1. The van der Waals surface area contributed by atoms with Crippen molar-refractivity contribution in [1.29, 1.82) is 0 Å². The van der Waals surface area contributed by atoms with Crippen molar-refractivity contribution in [3.05, 3.63) is 28.8 Å². The average molecular weight is 289 g/mol. The quantitative estimate of drug-likeness (QED) is 0.722. The highest BCUT2D eigenvalue weighted by Crippen LogP contribution is 2.17. The van der Waals surface area contributed by atoms with E-state index in [1.807, 2.05) is 6.26 Å². The Morgan fingerprint density at radius 1 is 1.56 bits per heavy atom. The van der Waals surface area contributed by atoms with Gasteiger partial charge in [-0.25, -0.2) is 0 Å². The first-order valence-corrected chi connectivity index (χ1v) is 7.17. The molecule has 0 saturated heterocycles. The second-order valence-corrected chi connectivity index (χ2v) is 5.69. The zero-order valence-corrected chi connectivity index (χ0v) is 11.9. The van der Waals surface area contributed by atoms with E-state index in [4.69, 9.17) is 17.3 Å². The predicted octanol–water partition coefficient (Wildman–Crippen LogP) is 1.77. The van der Waals surface area contributed by atoms with Crippen LogP contribution in [0.25, 0.3) is 0 Å². The van der Waals surface area contributed by atoms with Crippen molar-refractivity contribution in [2.45, 2.75) is 12.5 Å². The highest BCUT2D eigenvalue weighted by Gasteiger charge is 2.20. The molecule has 0 aliphatic carbocycles. The average Bonchev–Trinajstić information content (AvgIpc) is 2.24. The Balaban J connectivity index is 2.66. The van der Waals surface area contributed by atoms with Crippen molar-refractivity contribution in [2.75, 3.05) is 24.3 Å². The smallest absolute Gasteiger partial charge is 0.251 e. The summed E-state index contributed by atoms with van der Waals surface area (Å²) in [5.41, 5.74) is 5.50. The maximum absolute atomic E-state index is 11.9. The van der Waals surface area contributed by atoms with Gasteiger partial charge in [0.2, 0.25) is 0 Å². The number of nitrogen functional groups attached to an aromatic ring is 1. The van der Waals surface area contributed by atoms with E-state index < -0.39 is 5.60 Å². The molecule has 1 aromatic carbocycles. The van der Waals surface area contributed by atoms with Gasteiger partial charge in [0.05, 0.1) is 5.60 Å². The number of rotatable bonds is 5. The van der Waals surface area contributed by atoms with Gasteiger partial charge in [-0.05, 0) is 31.4 Å². The molecule has 1 aromatic rings. The van der Waals surface area contributed by atoms with Gasteiger partial charge in [-0.3, -0.25) is 4.79 Å². The first-order valence-electron chi connectivity index (χ1n) is 5.40. The minimum atomic E-state index is -0.931. The SMILES string of the molecule is CSCC(C)(O)CNC(=O)c1cc(N)cc(Cl)c1. The topological polar surface area (TPSA) is 75.3 Å². The fourth-order valence-electron chi connectivity index (χ4n) is 1.48. The van der Waals surface area contributed by atoms with Crippen LogP contribution in [0.15, 0.2) is 18.2 Å². The number of benzene rings is 1. The predicted molar refractivity (Wildman–Crippen MR) is 77.2 cm³/mol. The summed E-state index contributed by atoms with van der Waals surface area (Å²) in [4.78, 5) is 11.9. The Morgan fingerprint density at radius 3 is 2.78 bits per heavy atom. The molecule has 1 unspecified atom stereocenters. The summed E-state index contributed by atoms with van der Waals surface area (Å²) in [5.74, 6) is 0.246. The second kappa shape index (κ2) is 6.31. The van der Waals surface area contributed by atoms with Crippen LogP contribution in [-0.2, 0) is 0 Å². The van der Waals surface area contributed by atoms with Crippen LogP contribution >= 0.6 is 23.4 Å². The van der Waals surface area contributed by atoms with Crippen LogP contribution in [0.3, 0.4) is 0 Å². The molecular weight excluding hydrogens is 272 g/mol. The van der Waals surface area contributed by atoms with Gasteiger partial charge in [0, 0.05) is 28.6 Å². The zero-order chi connectivity index (χ0) is 13.8. The molecule has 6 heteroatoms. The van der Waals surface area contributed by atoms with E-state index in [0.29, 0.717) is 22.0 Å². The van der Waals surface area contributed by atoms with E-state index in [2.05, 4.69) is 5.32 Å². The highest BCUT2D eigenvalue weighted by atomic mass is 35.5. The monoisotopic (exact) mass is 288 g/mol. The maximum atomic E-state index is 11.9. The van der Waals surface area contributed by atoms with E-state index in [1.165, 1.54) is 17.8 Å². The van der Waals surface area contributed by atoms with Crippen molar-refractivity contribution in [1.82, 2.24) is 5.32 Å². The van der Waals surface area contributed by atoms with Crippen molar-refractivity contribution in [2.24, 2.45) is 0 Å². The van der Waals surface area contributed by atoms with Gasteiger partial charge in [0.15, 0.2) is 0 Å². The van der Waals surface area contributed by atoms with Crippen LogP contribution in [-0.4, -0.2) is 35.2 Å². The molecule has 0 saturated carbocycles. The minimum absolute atomic E-state index is 0.180. The first kappa shape index (κ1) is 15.1. The molecule has 0 fully saturated rings. The Labute approximate surface area is 116 Å². The van der Waals surface area contributed by atoms with Crippen LogP contribution in [0.2, 0.25) is 5.02 Å². The van der Waals surface area contributed by atoms with Crippen molar-refractivity contribution >= 4 is 35.0 Å². The van der Waals surface area contributed by atoms with Gasteiger partial charge < -0.3 is 16.2 Å². The molecule has 100 valence electrons. The molecule has 0 spiro atoms. The largest absolute Gasteiger partial charge is 0.399 e. The number of nitrogens with one attached hydrogen (secondary N) is 1. The molecule has 0 aromatic heterocycles. The standard InChI is InChI=1S/C12H17ClN2O2S/c1-12(17,7-18-2)6-15-11(16)8-3-9(13)5-10(14)4-8/h3-5,17H,6-7,14H2,1-2H3,(H,15,16). The van der Waals surface area contributed by atoms with Crippen molar-refractivity contribution in [3.8, 4) is 0 Å². The molecule has 0 radical (unpaired) electrons. The van der Waals surface area contributed by atoms with Crippen LogP contribution in [0, 0.1) is 0 Å². The molecule has 0 aliphatic rings. The van der Waals surface area contributed by atoms with Gasteiger partial charge in [-0.2, -0.15) is 11.8 Å². The Morgan fingerprint density at radius 2 is 2.22 bits per heavy atom. The Hall–Kier alpha value is -0.910. The fraction of sp³-hybridized carbons (Fsp3) is 0.417. The fourth-order valence-corrected chi connectivity index (χ4v) is 2.45. The third kappa shape index (κ3) is 4.76. The summed E-state index contributed by atoms with van der Waals surface area (Å²) in [6.45, 7) is 1.86. The molecule has 1 amide bonds. The summed E-state index contributed by atoms with van der Waals surface area (Å²) in [5, 5.41) is 13.0. The van der Waals surface area contributed by atoms with E-state index >= 15 is 0 Å². The van der Waals surface area contributed by atoms with Crippen LogP contribution < -0.4 is 11.1 Å². The number of hydrogen-bond acceptors (Lipinski definition) is 4. The summed E-state index contributed by atoms with van der Waals surface area (Å²) in [6, 6.07) is 4.66. The van der Waals surface area contributed by atoms with E-state index in [0.717, 1.165) is 0 Å². The van der Waals surface area contributed by atoms with Crippen LogP contribution in [0.5, 0.6) is 0 Å². The van der Waals surface area contributed by atoms with Crippen LogP contribution in [0.1, 0.15) is 17.3 Å². The lowest BCUT2D eigenvalue weighted by Crippen LogP contribution is -2.42. The van der Waals surface area contributed by atoms with E-state index in [-0.39, 0.29) is 12.5 Å². The number of amides is 1. The zero-order valence-electron chi connectivity index (χ0n) is 10.4. The summed E-state index contributed by atoms with van der Waals surface area (Å²) < 4.78 is 0. The normalized spacial score (nSPS) is 14.0. The molecule has 1 rings (SSSR count). The van der Waals surface area contributed by atoms with Gasteiger partial charge in [-0.1, -0.05) is 11.6 Å². The first-order chi connectivity index (χ1) is 8.34. The van der Waals surface area contributed by atoms with Gasteiger partial charge in [0.1, 0.15) is 0 Å². The van der Waals surface area contributed by atoms with Crippen LogP contribution in [0.4, 0.5) is 5.69 Å². The third-order valence-electron chi connectivity index (χ3n) is 2.27. The van der Waals surface area contributed by atoms with Gasteiger partial charge >= 0.3 is 0 Å². The van der Waals surface area contributed by atoms with Crippen molar-refractivity contribution < 1.29 is 9.90 Å².